The molecule has 0 fully saturated rings. The van der Waals surface area contributed by atoms with Crippen LogP contribution < -0.4 is 59.7 Å². The predicted molar refractivity (Wildman–Crippen MR) is 290 cm³/mol. The molecule has 0 saturated carbocycles. The van der Waals surface area contributed by atoms with E-state index >= 15 is 0 Å². The average molecular weight is 1100 g/mol. The van der Waals surface area contributed by atoms with Crippen molar-refractivity contribution in [1.29, 1.82) is 0 Å². The number of amides is 9. The van der Waals surface area contributed by atoms with Gasteiger partial charge in [0, 0.05) is 12.8 Å². The average Bonchev–Trinajstić information content (AvgIpc) is 3.35. The number of unbranched alkanes of at least 4 members (excludes halogenated alkanes) is 1. The van der Waals surface area contributed by atoms with Gasteiger partial charge in [0.15, 0.2) is 0 Å². The third-order valence-corrected chi connectivity index (χ3v) is 12.5. The van der Waals surface area contributed by atoms with Gasteiger partial charge in [-0.15, -0.1) is 0 Å². The van der Waals surface area contributed by atoms with Crippen LogP contribution in [-0.4, -0.2) is 141 Å². The number of rotatable bonds is 34. The maximum atomic E-state index is 14.2. The van der Waals surface area contributed by atoms with Gasteiger partial charge in [-0.2, -0.15) is 0 Å². The van der Waals surface area contributed by atoms with Crippen molar-refractivity contribution < 1.29 is 63.3 Å². The number of aliphatic hydroxyl groups is 1. The molecule has 2 aromatic rings. The van der Waals surface area contributed by atoms with Crippen LogP contribution in [0.4, 0.5) is 0 Å². The molecule has 24 nitrogen and oxygen atoms in total. The van der Waals surface area contributed by atoms with E-state index < -0.39 is 132 Å². The van der Waals surface area contributed by atoms with Crippen molar-refractivity contribution in [3.63, 3.8) is 0 Å². The van der Waals surface area contributed by atoms with Gasteiger partial charge >= 0.3 is 5.97 Å². The molecule has 0 bridgehead atoms. The second kappa shape index (κ2) is 33.2. The number of aliphatic carboxylic acids is 1. The van der Waals surface area contributed by atoms with Crippen LogP contribution in [0.5, 0.6) is 5.75 Å². The van der Waals surface area contributed by atoms with Gasteiger partial charge in [0.1, 0.15) is 54.1 Å². The zero-order valence-corrected chi connectivity index (χ0v) is 46.3. The van der Waals surface area contributed by atoms with Crippen LogP contribution in [0.25, 0.3) is 0 Å². The van der Waals surface area contributed by atoms with Gasteiger partial charge in [-0.3, -0.25) is 43.2 Å². The summed E-state index contributed by atoms with van der Waals surface area (Å²) in [7, 11) is 0. The SMILES string of the molecule is CC(C)C[C@H](NC(=O)[C@H](Cc1ccccc1)NC(=O)[C@@H](NC(=O)[C@H](CC(N)=O)NC(=O)[C@@H](NC(=O)[C@H](CCCCN)NC(=O)[C@H](CC(C)C)NC(=O)[C@H](Cc1ccc(O)cc1)NC(=O)[C@@H](N)C(C)C)[C@H](C)O)C(C)C)C(=O)O. The van der Waals surface area contributed by atoms with E-state index in [0.717, 1.165) is 6.92 Å². The number of aliphatic hydroxyl groups excluding tert-OH is 1. The van der Waals surface area contributed by atoms with E-state index in [1.165, 1.54) is 12.1 Å². The van der Waals surface area contributed by atoms with Gasteiger partial charge in [-0.25, -0.2) is 4.79 Å². The molecule has 0 unspecified atom stereocenters. The summed E-state index contributed by atoms with van der Waals surface area (Å²) >= 11 is 0. The molecule has 0 aliphatic carbocycles. The largest absolute Gasteiger partial charge is 0.508 e. The van der Waals surface area contributed by atoms with Gasteiger partial charge in [0.05, 0.1) is 18.6 Å². The first-order valence-corrected chi connectivity index (χ1v) is 26.4. The molecular weight excluding hydrogens is 1010 g/mol. The van der Waals surface area contributed by atoms with Crippen molar-refractivity contribution in [3.05, 3.63) is 65.7 Å². The molecule has 2 rings (SSSR count). The predicted octanol–water partition coefficient (Wildman–Crippen LogP) is -0.743. The number of primary amides is 1. The Morgan fingerprint density at radius 1 is 0.487 bits per heavy atom. The van der Waals surface area contributed by atoms with Crippen LogP contribution in [0.15, 0.2) is 54.6 Å². The third kappa shape index (κ3) is 23.6. The maximum Gasteiger partial charge on any atom is 0.326 e. The number of phenolic OH excluding ortho intramolecular Hbond substituents is 1. The van der Waals surface area contributed by atoms with Crippen LogP contribution in [-0.2, 0) is 60.8 Å². The molecule has 0 aromatic heterocycles. The summed E-state index contributed by atoms with van der Waals surface area (Å²) in [5.41, 5.74) is 18.5. The topological polar surface area (TPSA) is 406 Å². The van der Waals surface area contributed by atoms with Gasteiger partial charge in [0.2, 0.25) is 53.2 Å². The Bertz CT molecular complexity index is 2320. The lowest BCUT2D eigenvalue weighted by Crippen LogP contribution is -2.62. The van der Waals surface area contributed by atoms with E-state index in [1.807, 2.05) is 0 Å². The number of hydrogen-bond donors (Lipinski definition) is 14. The van der Waals surface area contributed by atoms with E-state index in [4.69, 9.17) is 17.2 Å². The fraction of sp³-hybridized carbons (Fsp3) is 0.593. The first kappa shape index (κ1) is 66.9. The summed E-state index contributed by atoms with van der Waals surface area (Å²) in [6.07, 6.45) is -1.76. The summed E-state index contributed by atoms with van der Waals surface area (Å²) in [5.74, 6) is -10.7. The molecular formula is C54H85N11O13. The van der Waals surface area contributed by atoms with Gasteiger partial charge in [-0.1, -0.05) is 97.9 Å². The Labute approximate surface area is 456 Å². The summed E-state index contributed by atoms with van der Waals surface area (Å²) in [5, 5.41) is 50.9. The highest BCUT2D eigenvalue weighted by Gasteiger charge is 2.37. The molecule has 24 heteroatoms. The van der Waals surface area contributed by atoms with Crippen molar-refractivity contribution in [1.82, 2.24) is 42.5 Å². The fourth-order valence-electron chi connectivity index (χ4n) is 8.06. The van der Waals surface area contributed by atoms with Crippen LogP contribution >= 0.6 is 0 Å². The van der Waals surface area contributed by atoms with Crippen molar-refractivity contribution >= 4 is 59.1 Å². The molecule has 434 valence electrons. The third-order valence-electron chi connectivity index (χ3n) is 12.5. The molecule has 78 heavy (non-hydrogen) atoms. The van der Waals surface area contributed by atoms with E-state index in [-0.39, 0.29) is 62.2 Å². The molecule has 0 radical (unpaired) electrons. The lowest BCUT2D eigenvalue weighted by atomic mass is 9.99. The minimum atomic E-state index is -1.82. The minimum absolute atomic E-state index is 0.0222. The van der Waals surface area contributed by atoms with Crippen molar-refractivity contribution in [2.24, 2.45) is 40.9 Å². The quantitative estimate of drug-likeness (QED) is 0.0384. The molecule has 17 N–H and O–H groups in total. The Morgan fingerprint density at radius 3 is 1.40 bits per heavy atom. The molecule has 0 aliphatic heterocycles. The van der Waals surface area contributed by atoms with Gasteiger partial charge in [-0.05, 0) is 92.5 Å². The number of nitrogens with two attached hydrogens (primary N) is 3. The maximum absolute atomic E-state index is 14.2. The zero-order valence-electron chi connectivity index (χ0n) is 46.3. The van der Waals surface area contributed by atoms with Crippen molar-refractivity contribution in [3.8, 4) is 5.75 Å². The smallest absolute Gasteiger partial charge is 0.326 e. The fourth-order valence-corrected chi connectivity index (χ4v) is 8.06. The molecule has 2 aromatic carbocycles. The number of carbonyl (C=O) groups is 10. The number of carboxylic acids is 1. The van der Waals surface area contributed by atoms with E-state index in [9.17, 15) is 63.3 Å². The number of phenols is 1. The number of benzene rings is 2. The molecule has 10 atom stereocenters. The van der Waals surface area contributed by atoms with Crippen LogP contribution in [0.3, 0.4) is 0 Å². The highest BCUT2D eigenvalue weighted by atomic mass is 16.4. The first-order valence-electron chi connectivity index (χ1n) is 26.4. The molecule has 0 aliphatic rings. The second-order valence-corrected chi connectivity index (χ2v) is 21.2. The lowest BCUT2D eigenvalue weighted by Gasteiger charge is -2.29. The molecule has 0 spiro atoms. The van der Waals surface area contributed by atoms with Crippen LogP contribution in [0, 0.1) is 23.7 Å². The van der Waals surface area contributed by atoms with Crippen LogP contribution in [0.1, 0.15) is 112 Å². The van der Waals surface area contributed by atoms with Crippen LogP contribution in [0.2, 0.25) is 0 Å². The summed E-state index contributed by atoms with van der Waals surface area (Å²) in [4.78, 5) is 136. The highest BCUT2D eigenvalue weighted by molar-refractivity contribution is 5.99. The van der Waals surface area contributed by atoms with Gasteiger partial charge in [0.25, 0.3) is 0 Å². The van der Waals surface area contributed by atoms with E-state index in [2.05, 4.69) is 42.5 Å². The van der Waals surface area contributed by atoms with Crippen molar-refractivity contribution in [2.75, 3.05) is 6.54 Å². The van der Waals surface area contributed by atoms with Gasteiger partial charge < -0.3 is 75.1 Å². The van der Waals surface area contributed by atoms with E-state index in [0.29, 0.717) is 24.0 Å². The number of nitrogens with one attached hydrogen (secondary N) is 8. The Hall–Kier alpha value is -7.18. The summed E-state index contributed by atoms with van der Waals surface area (Å²) in [6.45, 7) is 15.2. The number of aromatic hydroxyl groups is 1. The number of carboxylic acid groups (broad SMARTS) is 1. The molecule has 0 heterocycles. The Balaban J connectivity index is 2.41. The summed E-state index contributed by atoms with van der Waals surface area (Å²) < 4.78 is 0. The second-order valence-electron chi connectivity index (χ2n) is 21.2. The minimum Gasteiger partial charge on any atom is -0.508 e. The Morgan fingerprint density at radius 2 is 0.910 bits per heavy atom. The number of carbonyl (C=O) groups excluding carboxylic acids is 9. The molecule has 0 saturated heterocycles. The highest BCUT2D eigenvalue weighted by Crippen LogP contribution is 2.15. The Kier molecular flexibility index (Phi) is 28.5. The monoisotopic (exact) mass is 1100 g/mol. The standard InChI is InChI=1S/C54H85N11O13/c1-28(2)23-37(59-48(71)38(60-51(74)43(57)30(5)6)26-34-18-20-35(67)21-19-34)47(70)58-36(17-13-14-22-55)46(69)65-45(32(9)66)53(76)62-40(27-42(56)68)50(73)64-44(31(7)8)52(75)61-39(25-33-15-11-10-12-16-33)49(72)63-41(54(77)78)24-29(3)4/h10-12,15-16,18-21,28-32,36-41,43-45,66-67H,13-14,17,22-27,55,57H2,1-9H3,(H2,56,68)(H,58,70)(H,59,71)(H,60,74)(H,61,75)(H,62,76)(H,63,72)(H,64,73)(H,65,69)(H,77,78)/t32-,36-,37-,38-,39-,40-,41-,43-,44-,45-/m0/s1. The number of hydrogen-bond acceptors (Lipinski definition) is 14. The normalized spacial score (nSPS) is 15.2. The zero-order chi connectivity index (χ0) is 59.0. The van der Waals surface area contributed by atoms with Crippen molar-refractivity contribution in [2.45, 2.75) is 174 Å². The first-order chi connectivity index (χ1) is 36.5. The lowest BCUT2D eigenvalue weighted by molar-refractivity contribution is -0.143. The van der Waals surface area contributed by atoms with E-state index in [1.54, 1.807) is 97.9 Å². The molecule has 9 amide bonds. The summed E-state index contributed by atoms with van der Waals surface area (Å²) in [6, 6.07) is 2.04.